The van der Waals surface area contributed by atoms with Gasteiger partial charge in [-0.2, -0.15) is 0 Å². The van der Waals surface area contributed by atoms with Crippen LogP contribution >= 0.6 is 0 Å². The SMILES string of the molecule is CC(C)(C)CCNC(=O)c1ccc2c(c1)CCN2. The van der Waals surface area contributed by atoms with Gasteiger partial charge in [0, 0.05) is 24.3 Å². The number of anilines is 1. The fourth-order valence-corrected chi connectivity index (χ4v) is 2.10. The van der Waals surface area contributed by atoms with Crippen LogP contribution in [0.4, 0.5) is 5.69 Å². The van der Waals surface area contributed by atoms with Gasteiger partial charge in [-0.25, -0.2) is 0 Å². The fourth-order valence-electron chi connectivity index (χ4n) is 2.10. The van der Waals surface area contributed by atoms with Crippen LogP contribution in [0.25, 0.3) is 0 Å². The van der Waals surface area contributed by atoms with Crippen LogP contribution in [0.2, 0.25) is 0 Å². The summed E-state index contributed by atoms with van der Waals surface area (Å²) in [5, 5.41) is 6.28. The van der Waals surface area contributed by atoms with Crippen LogP contribution in [0.15, 0.2) is 18.2 Å². The van der Waals surface area contributed by atoms with E-state index in [9.17, 15) is 4.79 Å². The first-order valence-electron chi connectivity index (χ1n) is 6.61. The molecule has 0 saturated carbocycles. The van der Waals surface area contributed by atoms with Gasteiger partial charge in [0.25, 0.3) is 5.91 Å². The lowest BCUT2D eigenvalue weighted by Gasteiger charge is -2.18. The molecule has 1 amide bonds. The highest BCUT2D eigenvalue weighted by Crippen LogP contribution is 2.23. The summed E-state index contributed by atoms with van der Waals surface area (Å²) in [6.45, 7) is 8.25. The lowest BCUT2D eigenvalue weighted by atomic mass is 9.92. The van der Waals surface area contributed by atoms with Crippen LogP contribution in [0.5, 0.6) is 0 Å². The van der Waals surface area contributed by atoms with Gasteiger partial charge in [-0.3, -0.25) is 4.79 Å². The molecule has 2 rings (SSSR count). The number of hydrogen-bond donors (Lipinski definition) is 2. The number of hydrogen-bond acceptors (Lipinski definition) is 2. The van der Waals surface area contributed by atoms with Crippen molar-refractivity contribution in [3.63, 3.8) is 0 Å². The van der Waals surface area contributed by atoms with E-state index in [2.05, 4.69) is 31.4 Å². The Morgan fingerprint density at radius 1 is 1.39 bits per heavy atom. The predicted octanol–water partition coefficient (Wildman–Crippen LogP) is 2.82. The zero-order valence-corrected chi connectivity index (χ0v) is 11.5. The van der Waals surface area contributed by atoms with Crippen molar-refractivity contribution in [3.05, 3.63) is 29.3 Å². The number of benzene rings is 1. The lowest BCUT2D eigenvalue weighted by molar-refractivity contribution is 0.0949. The molecule has 0 spiro atoms. The third-order valence-electron chi connectivity index (χ3n) is 3.24. The van der Waals surface area contributed by atoms with Gasteiger partial charge in [-0.1, -0.05) is 20.8 Å². The maximum Gasteiger partial charge on any atom is 0.251 e. The number of fused-ring (bicyclic) bond motifs is 1. The second-order valence-electron chi connectivity index (χ2n) is 6.12. The third-order valence-corrected chi connectivity index (χ3v) is 3.24. The Kier molecular flexibility index (Phi) is 3.60. The molecule has 0 fully saturated rings. The molecule has 0 atom stereocenters. The molecule has 98 valence electrons. The quantitative estimate of drug-likeness (QED) is 0.861. The van der Waals surface area contributed by atoms with Crippen LogP contribution in [-0.4, -0.2) is 19.0 Å². The molecule has 0 unspecified atom stereocenters. The first-order chi connectivity index (χ1) is 8.46. The Bertz CT molecular complexity index is 446. The molecule has 1 aliphatic rings. The normalized spacial score (nSPS) is 13.9. The minimum atomic E-state index is 0.0361. The smallest absolute Gasteiger partial charge is 0.251 e. The van der Waals surface area contributed by atoms with E-state index < -0.39 is 0 Å². The van der Waals surface area contributed by atoms with Crippen molar-refractivity contribution in [2.24, 2.45) is 5.41 Å². The molecule has 1 aromatic rings. The summed E-state index contributed by atoms with van der Waals surface area (Å²) < 4.78 is 0. The average Bonchev–Trinajstić information content (AvgIpc) is 2.73. The van der Waals surface area contributed by atoms with Gasteiger partial charge < -0.3 is 10.6 Å². The molecule has 0 aromatic heterocycles. The van der Waals surface area contributed by atoms with Gasteiger partial charge in [0.1, 0.15) is 0 Å². The minimum absolute atomic E-state index is 0.0361. The number of nitrogens with one attached hydrogen (secondary N) is 2. The van der Waals surface area contributed by atoms with Crippen LogP contribution in [-0.2, 0) is 6.42 Å². The van der Waals surface area contributed by atoms with Crippen LogP contribution < -0.4 is 10.6 Å². The third kappa shape index (κ3) is 3.25. The highest BCUT2D eigenvalue weighted by molar-refractivity contribution is 5.95. The van der Waals surface area contributed by atoms with Crippen molar-refractivity contribution in [2.45, 2.75) is 33.6 Å². The highest BCUT2D eigenvalue weighted by Gasteiger charge is 2.14. The van der Waals surface area contributed by atoms with Crippen LogP contribution in [0.3, 0.4) is 0 Å². The van der Waals surface area contributed by atoms with Crippen molar-refractivity contribution < 1.29 is 4.79 Å². The maximum absolute atomic E-state index is 12.0. The topological polar surface area (TPSA) is 41.1 Å². The molecule has 0 bridgehead atoms. The standard InChI is InChI=1S/C15H22N2O/c1-15(2,3)7-9-17-14(18)12-4-5-13-11(10-12)6-8-16-13/h4-5,10,16H,6-9H2,1-3H3,(H,17,18). The number of amides is 1. The van der Waals surface area contributed by atoms with Gasteiger partial charge >= 0.3 is 0 Å². The molecule has 1 heterocycles. The molecular weight excluding hydrogens is 224 g/mol. The Morgan fingerprint density at radius 3 is 2.89 bits per heavy atom. The lowest BCUT2D eigenvalue weighted by Crippen LogP contribution is -2.27. The van der Waals surface area contributed by atoms with Crippen LogP contribution in [0, 0.1) is 5.41 Å². The zero-order chi connectivity index (χ0) is 13.2. The van der Waals surface area contributed by atoms with E-state index in [1.807, 2.05) is 18.2 Å². The summed E-state index contributed by atoms with van der Waals surface area (Å²) in [5.41, 5.74) is 3.45. The van der Waals surface area contributed by atoms with E-state index in [0.717, 1.165) is 31.5 Å². The van der Waals surface area contributed by atoms with E-state index in [0.29, 0.717) is 0 Å². The minimum Gasteiger partial charge on any atom is -0.384 e. The Balaban J connectivity index is 1.93. The molecule has 2 N–H and O–H groups in total. The molecular formula is C15H22N2O. The Hall–Kier alpha value is -1.51. The summed E-state index contributed by atoms with van der Waals surface area (Å²) in [6, 6.07) is 5.90. The van der Waals surface area contributed by atoms with Crippen molar-refractivity contribution in [3.8, 4) is 0 Å². The predicted molar refractivity (Wildman–Crippen MR) is 75.0 cm³/mol. The molecule has 3 nitrogen and oxygen atoms in total. The number of carbonyl (C=O) groups is 1. The Labute approximate surface area is 109 Å². The molecule has 0 radical (unpaired) electrons. The molecule has 0 aliphatic carbocycles. The van der Waals surface area contributed by atoms with Crippen molar-refractivity contribution in [2.75, 3.05) is 18.4 Å². The average molecular weight is 246 g/mol. The van der Waals surface area contributed by atoms with Gasteiger partial charge in [-0.05, 0) is 42.0 Å². The highest BCUT2D eigenvalue weighted by atomic mass is 16.1. The van der Waals surface area contributed by atoms with Gasteiger partial charge in [-0.15, -0.1) is 0 Å². The summed E-state index contributed by atoms with van der Waals surface area (Å²) in [4.78, 5) is 12.0. The zero-order valence-electron chi connectivity index (χ0n) is 11.5. The van der Waals surface area contributed by atoms with E-state index in [1.54, 1.807) is 0 Å². The fraction of sp³-hybridized carbons (Fsp3) is 0.533. The van der Waals surface area contributed by atoms with Crippen LogP contribution in [0.1, 0.15) is 43.1 Å². The Morgan fingerprint density at radius 2 is 2.17 bits per heavy atom. The van der Waals surface area contributed by atoms with E-state index in [-0.39, 0.29) is 11.3 Å². The van der Waals surface area contributed by atoms with Crippen molar-refractivity contribution >= 4 is 11.6 Å². The molecule has 3 heteroatoms. The van der Waals surface area contributed by atoms with Gasteiger partial charge in [0.05, 0.1) is 0 Å². The first kappa shape index (κ1) is 12.9. The van der Waals surface area contributed by atoms with E-state index >= 15 is 0 Å². The second-order valence-corrected chi connectivity index (χ2v) is 6.12. The summed E-state index contributed by atoms with van der Waals surface area (Å²) in [7, 11) is 0. The molecule has 18 heavy (non-hydrogen) atoms. The molecule has 1 aliphatic heterocycles. The molecule has 0 saturated heterocycles. The van der Waals surface area contributed by atoms with E-state index in [4.69, 9.17) is 0 Å². The largest absolute Gasteiger partial charge is 0.384 e. The summed E-state index contributed by atoms with van der Waals surface area (Å²) >= 11 is 0. The first-order valence-corrected chi connectivity index (χ1v) is 6.61. The summed E-state index contributed by atoms with van der Waals surface area (Å²) in [5.74, 6) is 0.0361. The van der Waals surface area contributed by atoms with Gasteiger partial charge in [0.2, 0.25) is 0 Å². The monoisotopic (exact) mass is 246 g/mol. The van der Waals surface area contributed by atoms with Crippen molar-refractivity contribution in [1.82, 2.24) is 5.32 Å². The van der Waals surface area contributed by atoms with Crippen molar-refractivity contribution in [1.29, 1.82) is 0 Å². The number of carbonyl (C=O) groups excluding carboxylic acids is 1. The maximum atomic E-state index is 12.0. The summed E-state index contributed by atoms with van der Waals surface area (Å²) in [6.07, 6.45) is 2.00. The second kappa shape index (κ2) is 5.01. The number of rotatable bonds is 3. The van der Waals surface area contributed by atoms with Gasteiger partial charge in [0.15, 0.2) is 0 Å². The van der Waals surface area contributed by atoms with E-state index in [1.165, 1.54) is 11.3 Å². The molecule has 1 aromatic carbocycles.